The van der Waals surface area contributed by atoms with Gasteiger partial charge in [-0.1, -0.05) is 19.9 Å². The Morgan fingerprint density at radius 3 is 1.84 bits per heavy atom. The minimum atomic E-state index is -1.03. The summed E-state index contributed by atoms with van der Waals surface area (Å²) in [5, 5.41) is 9.36. The van der Waals surface area contributed by atoms with Crippen LogP contribution in [0.3, 0.4) is 0 Å². The summed E-state index contributed by atoms with van der Waals surface area (Å²) in [5.41, 5.74) is 0.100. The Morgan fingerprint density at radius 2 is 1.53 bits per heavy atom. The third kappa shape index (κ3) is 4.16. The Hall–Kier alpha value is -1.71. The number of benzene rings is 1. The number of carboxylic acids is 1. The largest absolute Gasteiger partial charge is 0.490 e. The predicted molar refractivity (Wildman–Crippen MR) is 74.2 cm³/mol. The Bertz CT molecular complexity index is 398. The van der Waals surface area contributed by atoms with Crippen molar-refractivity contribution in [2.24, 2.45) is 0 Å². The highest BCUT2D eigenvalue weighted by Gasteiger charge is 2.20. The average molecular weight is 266 g/mol. The van der Waals surface area contributed by atoms with Gasteiger partial charge in [0.15, 0.2) is 0 Å². The summed E-state index contributed by atoms with van der Waals surface area (Å²) >= 11 is 0. The molecule has 4 nitrogen and oxygen atoms in total. The van der Waals surface area contributed by atoms with Crippen molar-refractivity contribution in [1.82, 2.24) is 0 Å². The highest BCUT2D eigenvalue weighted by molar-refractivity contribution is 5.94. The van der Waals surface area contributed by atoms with Crippen LogP contribution in [0, 0.1) is 0 Å². The average Bonchev–Trinajstić information content (AvgIpc) is 2.38. The molecule has 2 atom stereocenters. The van der Waals surface area contributed by atoms with Gasteiger partial charge in [-0.15, -0.1) is 0 Å². The van der Waals surface area contributed by atoms with Crippen molar-refractivity contribution < 1.29 is 19.4 Å². The molecule has 0 saturated heterocycles. The number of hydrogen-bond donors (Lipinski definition) is 1. The van der Waals surface area contributed by atoms with Crippen LogP contribution in [-0.2, 0) is 0 Å². The Balaban J connectivity index is 3.10. The van der Waals surface area contributed by atoms with Gasteiger partial charge in [0.1, 0.15) is 17.1 Å². The molecule has 1 N–H and O–H groups in total. The first-order valence-corrected chi connectivity index (χ1v) is 6.69. The van der Waals surface area contributed by atoms with Crippen molar-refractivity contribution >= 4 is 5.97 Å². The first-order valence-electron chi connectivity index (χ1n) is 6.69. The molecule has 106 valence electrons. The van der Waals surface area contributed by atoms with E-state index >= 15 is 0 Å². The van der Waals surface area contributed by atoms with Crippen molar-refractivity contribution in [1.29, 1.82) is 0 Å². The van der Waals surface area contributed by atoms with Gasteiger partial charge in [-0.3, -0.25) is 0 Å². The molecule has 1 aromatic rings. The molecule has 1 aromatic carbocycles. The van der Waals surface area contributed by atoms with E-state index in [2.05, 4.69) is 0 Å². The number of carbonyl (C=O) groups is 1. The molecule has 0 aromatic heterocycles. The van der Waals surface area contributed by atoms with Gasteiger partial charge >= 0.3 is 5.97 Å². The second kappa shape index (κ2) is 7.02. The van der Waals surface area contributed by atoms with E-state index in [1.807, 2.05) is 27.7 Å². The number of rotatable bonds is 7. The van der Waals surface area contributed by atoms with E-state index in [1.54, 1.807) is 18.2 Å². The van der Waals surface area contributed by atoms with Crippen molar-refractivity contribution in [2.75, 3.05) is 0 Å². The fourth-order valence-corrected chi connectivity index (χ4v) is 1.52. The smallest absolute Gasteiger partial charge is 0.343 e. The van der Waals surface area contributed by atoms with Gasteiger partial charge in [0.2, 0.25) is 0 Å². The lowest BCUT2D eigenvalue weighted by atomic mass is 10.1. The standard InChI is InChI=1S/C15H22O4/c1-5-10(3)18-12-8-7-9-13(14(12)15(16)17)19-11(4)6-2/h7-11H,5-6H2,1-4H3,(H,16,17). The van der Waals surface area contributed by atoms with Gasteiger partial charge in [0.25, 0.3) is 0 Å². The summed E-state index contributed by atoms with van der Waals surface area (Å²) in [5.74, 6) is -0.303. The van der Waals surface area contributed by atoms with Crippen molar-refractivity contribution in [3.05, 3.63) is 23.8 Å². The molecule has 0 spiro atoms. The maximum atomic E-state index is 11.4. The zero-order valence-electron chi connectivity index (χ0n) is 12.0. The lowest BCUT2D eigenvalue weighted by molar-refractivity contribution is 0.0681. The zero-order valence-corrected chi connectivity index (χ0v) is 12.0. The monoisotopic (exact) mass is 266 g/mol. The highest BCUT2D eigenvalue weighted by Crippen LogP contribution is 2.30. The Kier molecular flexibility index (Phi) is 5.67. The molecule has 0 aliphatic carbocycles. The summed E-state index contributed by atoms with van der Waals surface area (Å²) < 4.78 is 11.3. The predicted octanol–water partition coefficient (Wildman–Crippen LogP) is 3.74. The summed E-state index contributed by atoms with van der Waals surface area (Å²) in [6.45, 7) is 7.80. The third-order valence-corrected chi connectivity index (χ3v) is 3.01. The van der Waals surface area contributed by atoms with E-state index in [0.29, 0.717) is 11.5 Å². The fourth-order valence-electron chi connectivity index (χ4n) is 1.52. The first kappa shape index (κ1) is 15.3. The van der Waals surface area contributed by atoms with Crippen molar-refractivity contribution in [3.63, 3.8) is 0 Å². The lowest BCUT2D eigenvalue weighted by Crippen LogP contribution is -2.16. The minimum Gasteiger partial charge on any atom is -0.490 e. The van der Waals surface area contributed by atoms with Gasteiger partial charge in [0.05, 0.1) is 12.2 Å². The number of hydrogen-bond acceptors (Lipinski definition) is 3. The quantitative estimate of drug-likeness (QED) is 0.816. The maximum Gasteiger partial charge on any atom is 0.343 e. The van der Waals surface area contributed by atoms with Crippen LogP contribution in [0.25, 0.3) is 0 Å². The van der Waals surface area contributed by atoms with Crippen LogP contribution in [0.4, 0.5) is 0 Å². The lowest BCUT2D eigenvalue weighted by Gasteiger charge is -2.19. The molecule has 4 heteroatoms. The van der Waals surface area contributed by atoms with Crippen LogP contribution in [-0.4, -0.2) is 23.3 Å². The minimum absolute atomic E-state index is 0.0306. The van der Waals surface area contributed by atoms with Crippen LogP contribution < -0.4 is 9.47 Å². The topological polar surface area (TPSA) is 55.8 Å². The van der Waals surface area contributed by atoms with E-state index in [-0.39, 0.29) is 17.8 Å². The summed E-state index contributed by atoms with van der Waals surface area (Å²) in [7, 11) is 0. The van der Waals surface area contributed by atoms with E-state index in [1.165, 1.54) is 0 Å². The molecular formula is C15H22O4. The zero-order chi connectivity index (χ0) is 14.4. The van der Waals surface area contributed by atoms with Gasteiger partial charge in [-0.25, -0.2) is 4.79 Å². The maximum absolute atomic E-state index is 11.4. The van der Waals surface area contributed by atoms with Gasteiger partial charge in [-0.05, 0) is 38.8 Å². The van der Waals surface area contributed by atoms with Crippen LogP contribution in [0.1, 0.15) is 50.9 Å². The van der Waals surface area contributed by atoms with Crippen LogP contribution >= 0.6 is 0 Å². The molecule has 0 heterocycles. The molecule has 0 bridgehead atoms. The van der Waals surface area contributed by atoms with E-state index in [0.717, 1.165) is 12.8 Å². The Labute approximate surface area is 114 Å². The van der Waals surface area contributed by atoms with Crippen molar-refractivity contribution in [2.45, 2.75) is 52.7 Å². The molecule has 1 rings (SSSR count). The molecule has 2 unspecified atom stereocenters. The SMILES string of the molecule is CCC(C)Oc1cccc(OC(C)CC)c1C(=O)O. The summed E-state index contributed by atoms with van der Waals surface area (Å²) in [6, 6.07) is 5.08. The van der Waals surface area contributed by atoms with Gasteiger partial charge in [0, 0.05) is 0 Å². The number of aromatic carboxylic acids is 1. The molecule has 19 heavy (non-hydrogen) atoms. The van der Waals surface area contributed by atoms with E-state index in [9.17, 15) is 9.90 Å². The second-order valence-electron chi connectivity index (χ2n) is 4.61. The third-order valence-electron chi connectivity index (χ3n) is 3.01. The molecule has 0 radical (unpaired) electrons. The normalized spacial score (nSPS) is 13.7. The second-order valence-corrected chi connectivity index (χ2v) is 4.61. The van der Waals surface area contributed by atoms with Crippen LogP contribution in [0.2, 0.25) is 0 Å². The summed E-state index contributed by atoms with van der Waals surface area (Å²) in [4.78, 5) is 11.4. The van der Waals surface area contributed by atoms with E-state index < -0.39 is 5.97 Å². The first-order chi connectivity index (χ1) is 8.99. The van der Waals surface area contributed by atoms with E-state index in [4.69, 9.17) is 9.47 Å². The van der Waals surface area contributed by atoms with Crippen LogP contribution in [0.5, 0.6) is 11.5 Å². The molecule has 0 saturated carbocycles. The van der Waals surface area contributed by atoms with Crippen LogP contribution in [0.15, 0.2) is 18.2 Å². The molecule has 0 fully saturated rings. The van der Waals surface area contributed by atoms with Crippen molar-refractivity contribution in [3.8, 4) is 11.5 Å². The molecular weight excluding hydrogens is 244 g/mol. The molecule has 0 aliphatic rings. The fraction of sp³-hybridized carbons (Fsp3) is 0.533. The summed E-state index contributed by atoms with van der Waals surface area (Å²) in [6.07, 6.45) is 1.57. The number of carboxylic acid groups (broad SMARTS) is 1. The molecule has 0 aliphatic heterocycles. The Morgan fingerprint density at radius 1 is 1.11 bits per heavy atom. The number of ether oxygens (including phenoxy) is 2. The van der Waals surface area contributed by atoms with Gasteiger partial charge < -0.3 is 14.6 Å². The molecule has 0 amide bonds. The highest BCUT2D eigenvalue weighted by atomic mass is 16.5. The van der Waals surface area contributed by atoms with Gasteiger partial charge in [-0.2, -0.15) is 0 Å².